The number of benzene rings is 1. The molecule has 1 aliphatic carbocycles. The predicted molar refractivity (Wildman–Crippen MR) is 145 cm³/mol. The second-order valence-electron chi connectivity index (χ2n) is 9.38. The molecule has 10 heteroatoms. The van der Waals surface area contributed by atoms with Crippen LogP contribution >= 0.6 is 11.3 Å². The lowest BCUT2D eigenvalue weighted by atomic mass is 9.88. The van der Waals surface area contributed by atoms with E-state index in [9.17, 15) is 14.9 Å². The van der Waals surface area contributed by atoms with E-state index in [1.54, 1.807) is 4.68 Å². The Morgan fingerprint density at radius 2 is 2.11 bits per heavy atom. The first kappa shape index (κ1) is 27.2. The van der Waals surface area contributed by atoms with Crippen LogP contribution in [-0.2, 0) is 42.4 Å². The molecule has 200 valence electrons. The molecular weight excluding hydrogens is 502 g/mol. The van der Waals surface area contributed by atoms with Crippen molar-refractivity contribution < 1.29 is 19.1 Å². The van der Waals surface area contributed by atoms with Crippen molar-refractivity contribution in [3.63, 3.8) is 0 Å². The van der Waals surface area contributed by atoms with Crippen LogP contribution in [0, 0.1) is 24.2 Å². The molecule has 0 spiro atoms. The Hall–Kier alpha value is -3.84. The van der Waals surface area contributed by atoms with Crippen molar-refractivity contribution in [2.24, 2.45) is 13.0 Å². The summed E-state index contributed by atoms with van der Waals surface area (Å²) < 4.78 is 12.8. The fourth-order valence-corrected chi connectivity index (χ4v) is 6.01. The summed E-state index contributed by atoms with van der Waals surface area (Å²) in [5.41, 5.74) is 4.36. The molecule has 4 rings (SSSR count). The smallest absolute Gasteiger partial charge is 0.407 e. The predicted octanol–water partition coefficient (Wildman–Crippen LogP) is 4.66. The van der Waals surface area contributed by atoms with E-state index in [1.165, 1.54) is 11.3 Å². The van der Waals surface area contributed by atoms with Gasteiger partial charge in [0.2, 0.25) is 5.91 Å². The van der Waals surface area contributed by atoms with Crippen LogP contribution in [0.5, 0.6) is 5.75 Å². The normalized spacial score (nSPS) is 14.3. The lowest BCUT2D eigenvalue weighted by Gasteiger charge is -2.21. The Bertz CT molecular complexity index is 1340. The van der Waals surface area contributed by atoms with Gasteiger partial charge in [-0.2, -0.15) is 10.4 Å². The monoisotopic (exact) mass is 535 g/mol. The number of para-hydroxylation sites is 1. The number of aromatic nitrogens is 2. The molecule has 2 amide bonds. The van der Waals surface area contributed by atoms with E-state index < -0.39 is 6.09 Å². The largest absolute Gasteiger partial charge is 0.494 e. The molecule has 3 aromatic rings. The fourth-order valence-electron chi connectivity index (χ4n) is 4.68. The van der Waals surface area contributed by atoms with E-state index in [4.69, 9.17) is 9.47 Å². The summed E-state index contributed by atoms with van der Waals surface area (Å²) in [5.74, 6) is 0.824. The maximum absolute atomic E-state index is 12.7. The molecule has 1 aliphatic rings. The zero-order valence-electron chi connectivity index (χ0n) is 22.0. The number of ether oxygens (including phenoxy) is 2. The molecule has 9 nitrogen and oxygen atoms in total. The number of fused-ring (bicyclic) bond motifs is 1. The summed E-state index contributed by atoms with van der Waals surface area (Å²) in [6.07, 6.45) is 4.51. The number of nitriles is 1. The highest BCUT2D eigenvalue weighted by atomic mass is 32.1. The number of aryl methyl sites for hydroxylation is 3. The molecule has 1 unspecified atom stereocenters. The minimum absolute atomic E-state index is 0.133. The highest BCUT2D eigenvalue weighted by Gasteiger charge is 2.27. The van der Waals surface area contributed by atoms with Crippen LogP contribution in [0.15, 0.2) is 30.5 Å². The number of anilines is 1. The molecule has 0 bridgehead atoms. The minimum Gasteiger partial charge on any atom is -0.494 e. The van der Waals surface area contributed by atoms with Gasteiger partial charge in [-0.25, -0.2) is 4.79 Å². The molecule has 2 heterocycles. The third-order valence-electron chi connectivity index (χ3n) is 6.61. The average molecular weight is 536 g/mol. The molecule has 0 aliphatic heterocycles. The third kappa shape index (κ3) is 6.72. The van der Waals surface area contributed by atoms with E-state index in [1.807, 2.05) is 51.4 Å². The maximum Gasteiger partial charge on any atom is 0.407 e. The minimum atomic E-state index is -0.457. The van der Waals surface area contributed by atoms with Gasteiger partial charge in [0.25, 0.3) is 0 Å². The van der Waals surface area contributed by atoms with Crippen LogP contribution in [-0.4, -0.2) is 35.0 Å². The Morgan fingerprint density at radius 1 is 1.29 bits per heavy atom. The topological polar surface area (TPSA) is 118 Å². The van der Waals surface area contributed by atoms with Crippen LogP contribution in [0.3, 0.4) is 0 Å². The standard InChI is InChI=1S/C28H33N5O4S/c1-4-36-24-8-6-5-7-20(24)10-12-26(34)31-27-23(14-29)22-11-9-19(13-25(22)38-27)17-37-28(35)30-15-21-16-33(3)32-18(21)2/h5-8,16,19H,4,9-13,15,17H2,1-3H3,(H,30,35)(H,31,34). The van der Waals surface area contributed by atoms with E-state index >= 15 is 0 Å². The van der Waals surface area contributed by atoms with Crippen molar-refractivity contribution >= 4 is 28.3 Å². The fraction of sp³-hybridized carbons (Fsp3) is 0.429. The van der Waals surface area contributed by atoms with Crippen LogP contribution < -0.4 is 15.4 Å². The lowest BCUT2D eigenvalue weighted by molar-refractivity contribution is -0.116. The van der Waals surface area contributed by atoms with E-state index in [-0.39, 0.29) is 11.8 Å². The van der Waals surface area contributed by atoms with Crippen LogP contribution in [0.1, 0.15) is 52.6 Å². The van der Waals surface area contributed by atoms with Crippen molar-refractivity contribution in [1.82, 2.24) is 15.1 Å². The molecular formula is C28H33N5O4S. The molecule has 2 N–H and O–H groups in total. The summed E-state index contributed by atoms with van der Waals surface area (Å²) >= 11 is 1.45. The van der Waals surface area contributed by atoms with Gasteiger partial charge in [-0.15, -0.1) is 11.3 Å². The summed E-state index contributed by atoms with van der Waals surface area (Å²) in [6, 6.07) is 10.0. The first-order chi connectivity index (χ1) is 18.4. The molecule has 0 saturated carbocycles. The summed E-state index contributed by atoms with van der Waals surface area (Å²) in [6.45, 7) is 5.07. The average Bonchev–Trinajstić information content (AvgIpc) is 3.42. The number of rotatable bonds is 10. The van der Waals surface area contributed by atoms with E-state index in [2.05, 4.69) is 21.8 Å². The zero-order valence-corrected chi connectivity index (χ0v) is 22.8. The van der Waals surface area contributed by atoms with E-state index in [0.29, 0.717) is 49.6 Å². The summed E-state index contributed by atoms with van der Waals surface area (Å²) in [7, 11) is 1.84. The molecule has 2 aromatic heterocycles. The Morgan fingerprint density at radius 3 is 2.84 bits per heavy atom. The first-order valence-electron chi connectivity index (χ1n) is 12.8. The Labute approximate surface area is 226 Å². The number of hydrogen-bond acceptors (Lipinski definition) is 7. The summed E-state index contributed by atoms with van der Waals surface area (Å²) in [4.78, 5) is 26.0. The van der Waals surface area contributed by atoms with Gasteiger partial charge in [-0.05, 0) is 62.6 Å². The summed E-state index contributed by atoms with van der Waals surface area (Å²) in [5, 5.41) is 20.4. The van der Waals surface area contributed by atoms with Crippen LogP contribution in [0.25, 0.3) is 0 Å². The van der Waals surface area contributed by atoms with Gasteiger partial charge in [-0.3, -0.25) is 9.48 Å². The van der Waals surface area contributed by atoms with Crippen molar-refractivity contribution in [1.29, 1.82) is 5.26 Å². The van der Waals surface area contributed by atoms with Crippen molar-refractivity contribution in [2.45, 2.75) is 52.5 Å². The number of carbonyl (C=O) groups is 2. The SMILES string of the molecule is CCOc1ccccc1CCC(=O)Nc1sc2c(c1C#N)CCC(COC(=O)NCc1cn(C)nc1C)C2. The highest BCUT2D eigenvalue weighted by Crippen LogP contribution is 2.39. The number of alkyl carbamates (subject to hydrolysis) is 1. The van der Waals surface area contributed by atoms with Crippen LogP contribution in [0.2, 0.25) is 0 Å². The molecule has 0 radical (unpaired) electrons. The Kier molecular flexibility index (Phi) is 9.02. The molecule has 38 heavy (non-hydrogen) atoms. The second kappa shape index (κ2) is 12.6. The van der Waals surface area contributed by atoms with Gasteiger partial charge < -0.3 is 20.1 Å². The number of carbonyl (C=O) groups excluding carboxylic acids is 2. The molecule has 0 saturated heterocycles. The second-order valence-corrected chi connectivity index (χ2v) is 10.5. The molecule has 1 aromatic carbocycles. The number of hydrogen-bond donors (Lipinski definition) is 2. The maximum atomic E-state index is 12.7. The van der Waals surface area contributed by atoms with Gasteiger partial charge in [0, 0.05) is 36.7 Å². The van der Waals surface area contributed by atoms with Gasteiger partial charge in [-0.1, -0.05) is 18.2 Å². The first-order valence-corrected chi connectivity index (χ1v) is 13.6. The Balaban J connectivity index is 1.29. The quantitative estimate of drug-likeness (QED) is 0.390. The lowest BCUT2D eigenvalue weighted by Crippen LogP contribution is -2.27. The number of nitrogens with one attached hydrogen (secondary N) is 2. The molecule has 0 fully saturated rings. The van der Waals surface area contributed by atoms with Gasteiger partial charge in [0.05, 0.1) is 24.5 Å². The number of thiophene rings is 1. The molecule has 1 atom stereocenters. The van der Waals surface area contributed by atoms with Crippen molar-refractivity contribution in [3.8, 4) is 11.8 Å². The van der Waals surface area contributed by atoms with Gasteiger partial charge in [0.15, 0.2) is 0 Å². The van der Waals surface area contributed by atoms with Gasteiger partial charge >= 0.3 is 6.09 Å². The zero-order chi connectivity index (χ0) is 27.1. The van der Waals surface area contributed by atoms with Gasteiger partial charge in [0.1, 0.15) is 16.8 Å². The van der Waals surface area contributed by atoms with Crippen LogP contribution in [0.4, 0.5) is 9.80 Å². The number of nitrogens with zero attached hydrogens (tertiary/aromatic N) is 3. The van der Waals surface area contributed by atoms with Crippen molar-refractivity contribution in [3.05, 3.63) is 63.3 Å². The number of amides is 2. The van der Waals surface area contributed by atoms with Crippen molar-refractivity contribution in [2.75, 3.05) is 18.5 Å². The third-order valence-corrected chi connectivity index (χ3v) is 7.78. The van der Waals surface area contributed by atoms with E-state index in [0.717, 1.165) is 45.9 Å². The highest BCUT2D eigenvalue weighted by molar-refractivity contribution is 7.16.